The number of aryl methyl sites for hydroxylation is 1. The second-order valence-electron chi connectivity index (χ2n) is 9.78. The van der Waals surface area contributed by atoms with Crippen LogP contribution in [0.1, 0.15) is 36.5 Å². The quantitative estimate of drug-likeness (QED) is 0.214. The fourth-order valence-corrected chi connectivity index (χ4v) is 5.64. The van der Waals surface area contributed by atoms with Crippen molar-refractivity contribution in [2.75, 3.05) is 32.5 Å². The third-order valence-electron chi connectivity index (χ3n) is 6.90. The number of piperidine rings is 1. The number of ether oxygens (including phenoxy) is 1. The number of carbonyl (C=O) groups is 1. The standard InChI is InChI=1S/C29H32ClF3N4O2S/c1-3-21-7-8-22(12-26(21)39-2)23-14-35-28(36-15-23)40-18-27(38)34-13-20-5-4-10-37(17-20)16-19-6-9-25(30)24(11-19)29(31,32)33/h6-9,11-12,14-15,20H,3-5,10,13,16-18H2,1-2H3,(H,34,38). The molecule has 11 heteroatoms. The molecule has 0 bridgehead atoms. The molecule has 4 rings (SSSR count). The van der Waals surface area contributed by atoms with Gasteiger partial charge in [0.15, 0.2) is 5.16 Å². The van der Waals surface area contributed by atoms with Gasteiger partial charge in [-0.25, -0.2) is 9.97 Å². The van der Waals surface area contributed by atoms with E-state index in [-0.39, 0.29) is 22.6 Å². The highest BCUT2D eigenvalue weighted by Gasteiger charge is 2.33. The highest BCUT2D eigenvalue weighted by molar-refractivity contribution is 7.99. The molecular weight excluding hydrogens is 561 g/mol. The zero-order valence-corrected chi connectivity index (χ0v) is 24.0. The third kappa shape index (κ3) is 8.11. The lowest BCUT2D eigenvalue weighted by atomic mass is 9.97. The first kappa shape index (κ1) is 30.1. The zero-order valence-electron chi connectivity index (χ0n) is 22.4. The van der Waals surface area contributed by atoms with Crippen molar-refractivity contribution in [3.05, 3.63) is 70.5 Å². The Balaban J connectivity index is 1.23. The van der Waals surface area contributed by atoms with Gasteiger partial charge in [-0.05, 0) is 66.6 Å². The molecule has 0 aliphatic carbocycles. The lowest BCUT2D eigenvalue weighted by molar-refractivity contribution is -0.137. The Labute approximate surface area is 241 Å². The number of methoxy groups -OCH3 is 1. The van der Waals surface area contributed by atoms with E-state index >= 15 is 0 Å². The van der Waals surface area contributed by atoms with E-state index < -0.39 is 11.7 Å². The van der Waals surface area contributed by atoms with Gasteiger partial charge in [-0.2, -0.15) is 13.2 Å². The van der Waals surface area contributed by atoms with Gasteiger partial charge < -0.3 is 10.1 Å². The van der Waals surface area contributed by atoms with Crippen molar-refractivity contribution in [2.45, 2.75) is 44.1 Å². The van der Waals surface area contributed by atoms with E-state index in [1.807, 2.05) is 18.2 Å². The van der Waals surface area contributed by atoms with Gasteiger partial charge in [-0.3, -0.25) is 9.69 Å². The second kappa shape index (κ2) is 13.7. The highest BCUT2D eigenvalue weighted by atomic mass is 35.5. The number of halogens is 4. The van der Waals surface area contributed by atoms with E-state index in [1.54, 1.807) is 25.6 Å². The summed E-state index contributed by atoms with van der Waals surface area (Å²) in [6.07, 6.45) is 1.74. The molecule has 1 fully saturated rings. The molecule has 2 aromatic carbocycles. The normalized spacial score (nSPS) is 16.1. The van der Waals surface area contributed by atoms with E-state index in [2.05, 4.69) is 27.1 Å². The molecule has 214 valence electrons. The summed E-state index contributed by atoms with van der Waals surface area (Å²) in [4.78, 5) is 23.4. The number of alkyl halides is 3. The maximum atomic E-state index is 13.2. The molecule has 0 spiro atoms. The Morgan fingerprint density at radius 3 is 2.65 bits per heavy atom. The minimum absolute atomic E-state index is 0.109. The van der Waals surface area contributed by atoms with Crippen LogP contribution in [0.5, 0.6) is 5.75 Å². The van der Waals surface area contributed by atoms with Gasteiger partial charge in [-0.1, -0.05) is 48.5 Å². The first-order valence-corrected chi connectivity index (χ1v) is 14.5. The largest absolute Gasteiger partial charge is 0.496 e. The Hall–Kier alpha value is -2.82. The molecule has 1 unspecified atom stereocenters. The second-order valence-corrected chi connectivity index (χ2v) is 11.1. The fraction of sp³-hybridized carbons (Fsp3) is 0.414. The molecule has 2 heterocycles. The van der Waals surface area contributed by atoms with Gasteiger partial charge in [-0.15, -0.1) is 0 Å². The number of aromatic nitrogens is 2. The Morgan fingerprint density at radius 2 is 1.95 bits per heavy atom. The molecule has 6 nitrogen and oxygen atoms in total. The summed E-state index contributed by atoms with van der Waals surface area (Å²) in [5.41, 5.74) is 2.72. The van der Waals surface area contributed by atoms with E-state index in [0.717, 1.165) is 54.3 Å². The van der Waals surface area contributed by atoms with Crippen molar-refractivity contribution in [1.82, 2.24) is 20.2 Å². The predicted octanol–water partition coefficient (Wildman–Crippen LogP) is 6.51. The predicted molar refractivity (Wildman–Crippen MR) is 152 cm³/mol. The van der Waals surface area contributed by atoms with Crippen molar-refractivity contribution < 1.29 is 22.7 Å². The van der Waals surface area contributed by atoms with Crippen LogP contribution in [0.15, 0.2) is 53.9 Å². The number of carbonyl (C=O) groups excluding carboxylic acids is 1. The fourth-order valence-electron chi connectivity index (χ4n) is 4.80. The van der Waals surface area contributed by atoms with Gasteiger partial charge in [0.1, 0.15) is 5.75 Å². The lowest BCUT2D eigenvalue weighted by Crippen LogP contribution is -2.41. The Bertz CT molecular complexity index is 1310. The van der Waals surface area contributed by atoms with Crippen molar-refractivity contribution in [1.29, 1.82) is 0 Å². The molecule has 40 heavy (non-hydrogen) atoms. The smallest absolute Gasteiger partial charge is 0.417 e. The molecular formula is C29H32ClF3N4O2S. The van der Waals surface area contributed by atoms with Crippen LogP contribution in [0, 0.1) is 5.92 Å². The van der Waals surface area contributed by atoms with Crippen LogP contribution < -0.4 is 10.1 Å². The molecule has 1 aliphatic rings. The summed E-state index contributed by atoms with van der Waals surface area (Å²) in [5, 5.41) is 3.20. The van der Waals surface area contributed by atoms with Gasteiger partial charge in [0.2, 0.25) is 5.91 Å². The van der Waals surface area contributed by atoms with Crippen LogP contribution in [-0.4, -0.2) is 53.3 Å². The zero-order chi connectivity index (χ0) is 28.7. The molecule has 0 saturated carbocycles. The highest BCUT2D eigenvalue weighted by Crippen LogP contribution is 2.35. The average molecular weight is 593 g/mol. The number of hydrogen-bond donors (Lipinski definition) is 1. The van der Waals surface area contributed by atoms with Crippen LogP contribution >= 0.6 is 23.4 Å². The van der Waals surface area contributed by atoms with Crippen LogP contribution in [0.25, 0.3) is 11.1 Å². The van der Waals surface area contributed by atoms with Crippen molar-refractivity contribution in [3.63, 3.8) is 0 Å². The summed E-state index contributed by atoms with van der Waals surface area (Å²) in [7, 11) is 1.65. The van der Waals surface area contributed by atoms with Crippen LogP contribution in [0.2, 0.25) is 5.02 Å². The van der Waals surface area contributed by atoms with Gasteiger partial charge in [0.05, 0.1) is 23.4 Å². The number of nitrogens with one attached hydrogen (secondary N) is 1. The van der Waals surface area contributed by atoms with Crippen molar-refractivity contribution in [3.8, 4) is 16.9 Å². The van der Waals surface area contributed by atoms with Crippen LogP contribution in [0.3, 0.4) is 0 Å². The number of thioether (sulfide) groups is 1. The van der Waals surface area contributed by atoms with Gasteiger partial charge in [0, 0.05) is 37.6 Å². The third-order valence-corrected chi connectivity index (χ3v) is 8.10. The number of amides is 1. The molecule has 1 amide bonds. The first-order valence-electron chi connectivity index (χ1n) is 13.1. The van der Waals surface area contributed by atoms with Crippen LogP contribution in [-0.2, 0) is 23.9 Å². The Morgan fingerprint density at radius 1 is 1.18 bits per heavy atom. The maximum Gasteiger partial charge on any atom is 0.417 e. The van der Waals surface area contributed by atoms with E-state index in [1.165, 1.54) is 17.8 Å². The summed E-state index contributed by atoms with van der Waals surface area (Å²) in [6, 6.07) is 10.1. The van der Waals surface area contributed by atoms with Crippen LogP contribution in [0.4, 0.5) is 13.2 Å². The van der Waals surface area contributed by atoms with E-state index in [9.17, 15) is 18.0 Å². The van der Waals surface area contributed by atoms with Crippen molar-refractivity contribution in [2.24, 2.45) is 5.92 Å². The molecule has 1 atom stereocenters. The average Bonchev–Trinajstić information content (AvgIpc) is 2.95. The molecule has 1 aliphatic heterocycles. The summed E-state index contributed by atoms with van der Waals surface area (Å²) in [6.45, 7) is 4.50. The maximum absolute atomic E-state index is 13.2. The lowest BCUT2D eigenvalue weighted by Gasteiger charge is -2.33. The summed E-state index contributed by atoms with van der Waals surface area (Å²) in [5.74, 6) is 1.14. The molecule has 1 saturated heterocycles. The molecule has 3 aromatic rings. The summed E-state index contributed by atoms with van der Waals surface area (Å²) < 4.78 is 45.1. The minimum Gasteiger partial charge on any atom is -0.496 e. The monoisotopic (exact) mass is 592 g/mol. The van der Waals surface area contributed by atoms with Gasteiger partial charge in [0.25, 0.3) is 0 Å². The molecule has 1 N–H and O–H groups in total. The number of hydrogen-bond acceptors (Lipinski definition) is 6. The van der Waals surface area contributed by atoms with E-state index in [0.29, 0.717) is 30.4 Å². The molecule has 0 radical (unpaired) electrons. The minimum atomic E-state index is -4.48. The Kier molecular flexibility index (Phi) is 10.3. The van der Waals surface area contributed by atoms with Crippen molar-refractivity contribution >= 4 is 29.3 Å². The van der Waals surface area contributed by atoms with Gasteiger partial charge >= 0.3 is 6.18 Å². The first-order chi connectivity index (χ1) is 19.2. The number of nitrogens with zero attached hydrogens (tertiary/aromatic N) is 3. The van der Waals surface area contributed by atoms with E-state index in [4.69, 9.17) is 16.3 Å². The topological polar surface area (TPSA) is 67.4 Å². The SMILES string of the molecule is CCc1ccc(-c2cnc(SCC(=O)NCC3CCCN(Cc4ccc(Cl)c(C(F)(F)F)c4)C3)nc2)cc1OC. The number of benzene rings is 2. The molecule has 1 aromatic heterocycles. The number of likely N-dealkylation sites (tertiary alicyclic amines) is 1. The number of rotatable bonds is 10. The summed E-state index contributed by atoms with van der Waals surface area (Å²) >= 11 is 7.01.